The molecule has 1 aromatic carbocycles. The lowest BCUT2D eigenvalue weighted by molar-refractivity contribution is 0.405. The Morgan fingerprint density at radius 3 is 2.94 bits per heavy atom. The fourth-order valence-electron chi connectivity index (χ4n) is 2.50. The van der Waals surface area contributed by atoms with E-state index in [1.165, 1.54) is 18.4 Å². The molecular formula is C14H19BrClNO. The third kappa shape index (κ3) is 3.62. The van der Waals surface area contributed by atoms with Gasteiger partial charge in [-0.3, -0.25) is 0 Å². The largest absolute Gasteiger partial charge is 0.496 e. The van der Waals surface area contributed by atoms with Crippen LogP contribution < -0.4 is 10.1 Å². The van der Waals surface area contributed by atoms with Crippen LogP contribution >= 0.6 is 27.5 Å². The third-order valence-corrected chi connectivity index (χ3v) is 4.60. The zero-order valence-corrected chi connectivity index (χ0v) is 12.9. The normalized spacial score (nSPS) is 23.3. The van der Waals surface area contributed by atoms with Crippen LogP contribution in [0.1, 0.15) is 24.8 Å². The second-order valence-electron chi connectivity index (χ2n) is 4.79. The van der Waals surface area contributed by atoms with Crippen LogP contribution in [0.25, 0.3) is 0 Å². The summed E-state index contributed by atoms with van der Waals surface area (Å²) in [6.45, 7) is 1.81. The number of benzene rings is 1. The van der Waals surface area contributed by atoms with Crippen molar-refractivity contribution in [2.24, 2.45) is 5.92 Å². The van der Waals surface area contributed by atoms with Crippen LogP contribution in [0.5, 0.6) is 5.75 Å². The first kappa shape index (κ1) is 14.2. The second-order valence-corrected chi connectivity index (χ2v) is 6.27. The summed E-state index contributed by atoms with van der Waals surface area (Å²) in [7, 11) is 1.71. The van der Waals surface area contributed by atoms with E-state index in [0.717, 1.165) is 29.7 Å². The highest BCUT2D eigenvalue weighted by molar-refractivity contribution is 9.10. The SMILES string of the molecule is COc1ccc(Br)cc1CNCC1CCCC1Cl. The first-order chi connectivity index (χ1) is 8.70. The summed E-state index contributed by atoms with van der Waals surface area (Å²) in [5, 5.41) is 3.84. The molecule has 1 aliphatic rings. The summed E-state index contributed by atoms with van der Waals surface area (Å²) < 4.78 is 6.44. The van der Waals surface area contributed by atoms with E-state index in [0.29, 0.717) is 11.3 Å². The molecule has 0 aliphatic heterocycles. The maximum atomic E-state index is 6.27. The fourth-order valence-corrected chi connectivity index (χ4v) is 3.28. The van der Waals surface area contributed by atoms with Crippen molar-refractivity contribution < 1.29 is 4.74 Å². The van der Waals surface area contributed by atoms with E-state index < -0.39 is 0 Å². The first-order valence-electron chi connectivity index (χ1n) is 6.38. The Labute approximate surface area is 122 Å². The van der Waals surface area contributed by atoms with Crippen molar-refractivity contribution in [1.82, 2.24) is 5.32 Å². The quantitative estimate of drug-likeness (QED) is 0.824. The second kappa shape index (κ2) is 6.78. The Morgan fingerprint density at radius 1 is 1.44 bits per heavy atom. The van der Waals surface area contributed by atoms with Crippen LogP contribution in [0, 0.1) is 5.92 Å². The van der Waals surface area contributed by atoms with E-state index >= 15 is 0 Å². The minimum Gasteiger partial charge on any atom is -0.496 e. The number of hydrogen-bond acceptors (Lipinski definition) is 2. The fraction of sp³-hybridized carbons (Fsp3) is 0.571. The topological polar surface area (TPSA) is 21.3 Å². The molecule has 2 rings (SSSR count). The van der Waals surface area contributed by atoms with E-state index in [1.807, 2.05) is 12.1 Å². The average molecular weight is 333 g/mol. The smallest absolute Gasteiger partial charge is 0.123 e. The summed E-state index contributed by atoms with van der Waals surface area (Å²) in [4.78, 5) is 0. The van der Waals surface area contributed by atoms with Crippen LogP contribution in [-0.4, -0.2) is 19.0 Å². The molecule has 1 saturated carbocycles. The molecule has 0 saturated heterocycles. The van der Waals surface area contributed by atoms with Crippen molar-refractivity contribution in [3.63, 3.8) is 0 Å². The van der Waals surface area contributed by atoms with Gasteiger partial charge in [-0.2, -0.15) is 0 Å². The van der Waals surface area contributed by atoms with Crippen molar-refractivity contribution >= 4 is 27.5 Å². The minimum atomic E-state index is 0.349. The molecule has 0 spiro atoms. The highest BCUT2D eigenvalue weighted by Gasteiger charge is 2.24. The van der Waals surface area contributed by atoms with Gasteiger partial charge in [-0.05, 0) is 43.5 Å². The van der Waals surface area contributed by atoms with Gasteiger partial charge in [-0.25, -0.2) is 0 Å². The van der Waals surface area contributed by atoms with Gasteiger partial charge in [-0.15, -0.1) is 11.6 Å². The van der Waals surface area contributed by atoms with Crippen LogP contribution in [0.15, 0.2) is 22.7 Å². The lowest BCUT2D eigenvalue weighted by Gasteiger charge is -2.15. The number of hydrogen-bond donors (Lipinski definition) is 1. The average Bonchev–Trinajstić information content (AvgIpc) is 2.76. The van der Waals surface area contributed by atoms with Gasteiger partial charge in [-0.1, -0.05) is 22.4 Å². The Balaban J connectivity index is 1.87. The van der Waals surface area contributed by atoms with Crippen molar-refractivity contribution in [3.8, 4) is 5.75 Å². The van der Waals surface area contributed by atoms with Gasteiger partial charge >= 0.3 is 0 Å². The molecule has 1 aliphatic carbocycles. The Morgan fingerprint density at radius 2 is 2.28 bits per heavy atom. The molecule has 0 bridgehead atoms. The van der Waals surface area contributed by atoms with Crippen molar-refractivity contribution in [3.05, 3.63) is 28.2 Å². The van der Waals surface area contributed by atoms with E-state index in [1.54, 1.807) is 7.11 Å². The van der Waals surface area contributed by atoms with E-state index in [-0.39, 0.29) is 0 Å². The number of rotatable bonds is 5. The van der Waals surface area contributed by atoms with Crippen molar-refractivity contribution in [2.75, 3.05) is 13.7 Å². The molecule has 0 amide bonds. The molecule has 1 aromatic rings. The molecule has 0 heterocycles. The Kier molecular flexibility index (Phi) is 5.34. The van der Waals surface area contributed by atoms with E-state index in [9.17, 15) is 0 Å². The molecule has 1 fully saturated rings. The Hall–Kier alpha value is -0.250. The van der Waals surface area contributed by atoms with Crippen molar-refractivity contribution in [1.29, 1.82) is 0 Å². The number of methoxy groups -OCH3 is 1. The Bertz CT molecular complexity index is 399. The molecule has 4 heteroatoms. The number of halogens is 2. The molecule has 0 radical (unpaired) electrons. The van der Waals surface area contributed by atoms with Crippen LogP contribution in [-0.2, 0) is 6.54 Å². The summed E-state index contributed by atoms with van der Waals surface area (Å²) in [5.41, 5.74) is 1.18. The molecule has 2 atom stereocenters. The molecule has 2 nitrogen and oxygen atoms in total. The van der Waals surface area contributed by atoms with Gasteiger partial charge in [0.25, 0.3) is 0 Å². The summed E-state index contributed by atoms with van der Waals surface area (Å²) in [6, 6.07) is 6.08. The maximum absolute atomic E-state index is 6.27. The first-order valence-corrected chi connectivity index (χ1v) is 7.61. The van der Waals surface area contributed by atoms with E-state index in [2.05, 4.69) is 27.3 Å². The van der Waals surface area contributed by atoms with Gasteiger partial charge in [0.05, 0.1) is 7.11 Å². The molecular weight excluding hydrogens is 314 g/mol. The zero-order valence-electron chi connectivity index (χ0n) is 10.6. The minimum absolute atomic E-state index is 0.349. The van der Waals surface area contributed by atoms with Gasteiger partial charge in [0.2, 0.25) is 0 Å². The van der Waals surface area contributed by atoms with Crippen molar-refractivity contribution in [2.45, 2.75) is 31.2 Å². The summed E-state index contributed by atoms with van der Waals surface area (Å²) >= 11 is 9.76. The maximum Gasteiger partial charge on any atom is 0.123 e. The predicted octanol–water partition coefficient (Wildman–Crippen LogP) is 3.95. The van der Waals surface area contributed by atoms with E-state index in [4.69, 9.17) is 16.3 Å². The van der Waals surface area contributed by atoms with Gasteiger partial charge < -0.3 is 10.1 Å². The molecule has 100 valence electrons. The highest BCUT2D eigenvalue weighted by atomic mass is 79.9. The molecule has 18 heavy (non-hydrogen) atoms. The van der Waals surface area contributed by atoms with Gasteiger partial charge in [0.15, 0.2) is 0 Å². The van der Waals surface area contributed by atoms with Gasteiger partial charge in [0.1, 0.15) is 5.75 Å². The number of nitrogens with one attached hydrogen (secondary N) is 1. The highest BCUT2D eigenvalue weighted by Crippen LogP contribution is 2.29. The lowest BCUT2D eigenvalue weighted by Crippen LogP contribution is -2.25. The van der Waals surface area contributed by atoms with Gasteiger partial charge in [0, 0.05) is 22.0 Å². The molecule has 1 N–H and O–H groups in total. The number of ether oxygens (including phenoxy) is 1. The van der Waals surface area contributed by atoms with Crippen LogP contribution in [0.2, 0.25) is 0 Å². The third-order valence-electron chi connectivity index (χ3n) is 3.53. The summed E-state index contributed by atoms with van der Waals surface area (Å²) in [6.07, 6.45) is 3.67. The zero-order chi connectivity index (χ0) is 13.0. The van der Waals surface area contributed by atoms with Crippen LogP contribution in [0.4, 0.5) is 0 Å². The number of alkyl halides is 1. The summed E-state index contributed by atoms with van der Waals surface area (Å²) in [5.74, 6) is 1.55. The predicted molar refractivity (Wildman–Crippen MR) is 79.4 cm³/mol. The molecule has 0 aromatic heterocycles. The van der Waals surface area contributed by atoms with Crippen LogP contribution in [0.3, 0.4) is 0 Å². The lowest BCUT2D eigenvalue weighted by atomic mass is 10.1. The standard InChI is InChI=1S/C14H19BrClNO/c1-18-14-6-5-12(15)7-11(14)9-17-8-10-3-2-4-13(10)16/h5-7,10,13,17H,2-4,8-9H2,1H3. The molecule has 2 unspecified atom stereocenters. The monoisotopic (exact) mass is 331 g/mol.